The fourth-order valence-corrected chi connectivity index (χ4v) is 3.59. The first-order valence-electron chi connectivity index (χ1n) is 7.54. The van der Waals surface area contributed by atoms with Crippen molar-refractivity contribution in [2.75, 3.05) is 33.1 Å². The third-order valence-corrected chi connectivity index (χ3v) is 5.85. The number of carbonyl (C=O) groups excluding carboxylic acids is 1. The lowest BCUT2D eigenvalue weighted by atomic mass is 10.1. The maximum absolute atomic E-state index is 12.1. The van der Waals surface area contributed by atoms with E-state index in [4.69, 9.17) is 4.74 Å². The van der Waals surface area contributed by atoms with Crippen LogP contribution >= 0.6 is 0 Å². The number of aromatic nitrogens is 1. The van der Waals surface area contributed by atoms with Gasteiger partial charge < -0.3 is 10.1 Å². The van der Waals surface area contributed by atoms with Crippen LogP contribution in [0.2, 0.25) is 0 Å². The third-order valence-electron chi connectivity index (χ3n) is 3.89. The molecule has 0 aromatic carbocycles. The number of carbonyl (C=O) groups is 1. The molecule has 0 aliphatic carbocycles. The molecule has 1 fully saturated rings. The van der Waals surface area contributed by atoms with Crippen LogP contribution in [0.3, 0.4) is 0 Å². The number of nitrogens with zero attached hydrogens (tertiary/aromatic N) is 2. The van der Waals surface area contributed by atoms with E-state index in [9.17, 15) is 13.2 Å². The quantitative estimate of drug-likeness (QED) is 0.756. The number of rotatable bonds is 7. The summed E-state index contributed by atoms with van der Waals surface area (Å²) in [5.41, 5.74) is 0.997. The zero-order valence-corrected chi connectivity index (χ0v) is 14.3. The van der Waals surface area contributed by atoms with Crippen molar-refractivity contribution in [1.82, 2.24) is 14.6 Å². The first-order valence-corrected chi connectivity index (χ1v) is 9.15. The van der Waals surface area contributed by atoms with Gasteiger partial charge in [-0.15, -0.1) is 0 Å². The van der Waals surface area contributed by atoms with E-state index >= 15 is 0 Å². The predicted octanol–water partition coefficient (Wildman–Crippen LogP) is 0.0368. The molecule has 1 aromatic rings. The van der Waals surface area contributed by atoms with Crippen molar-refractivity contribution in [2.45, 2.75) is 18.9 Å². The number of aryl methyl sites for hydroxylation is 1. The minimum absolute atomic E-state index is 0.0203. The second-order valence-electron chi connectivity index (χ2n) is 5.89. The van der Waals surface area contributed by atoms with Crippen LogP contribution in [-0.2, 0) is 26.0 Å². The molecule has 2 atom stereocenters. The van der Waals surface area contributed by atoms with Gasteiger partial charge in [0.05, 0.1) is 25.0 Å². The Morgan fingerprint density at radius 3 is 2.87 bits per heavy atom. The molecule has 2 heterocycles. The zero-order valence-electron chi connectivity index (χ0n) is 13.4. The average molecular weight is 341 g/mol. The number of sulfonamides is 1. The summed E-state index contributed by atoms with van der Waals surface area (Å²) in [7, 11) is -0.299. The zero-order chi connectivity index (χ0) is 16.9. The SMILES string of the molecule is CN(C)S(=O)(=O)CC1COCC1NC(=O)CCc1cccnc1. The average Bonchev–Trinajstić information content (AvgIpc) is 2.92. The molecule has 1 aliphatic rings. The second-order valence-corrected chi connectivity index (χ2v) is 8.12. The van der Waals surface area contributed by atoms with Gasteiger partial charge in [-0.2, -0.15) is 0 Å². The Balaban J connectivity index is 1.85. The summed E-state index contributed by atoms with van der Waals surface area (Å²) in [6.45, 7) is 0.701. The summed E-state index contributed by atoms with van der Waals surface area (Å²) in [5, 5.41) is 2.89. The number of hydrogen-bond acceptors (Lipinski definition) is 5. The highest BCUT2D eigenvalue weighted by atomic mass is 32.2. The molecule has 8 heteroatoms. The molecular weight excluding hydrogens is 318 g/mol. The Kier molecular flexibility index (Phi) is 6.09. The van der Waals surface area contributed by atoms with E-state index in [0.29, 0.717) is 26.1 Å². The van der Waals surface area contributed by atoms with Gasteiger partial charge in [-0.3, -0.25) is 9.78 Å². The van der Waals surface area contributed by atoms with Gasteiger partial charge >= 0.3 is 0 Å². The Bertz CT molecular complexity index is 619. The van der Waals surface area contributed by atoms with Gasteiger partial charge in [-0.25, -0.2) is 12.7 Å². The maximum Gasteiger partial charge on any atom is 0.220 e. The maximum atomic E-state index is 12.1. The van der Waals surface area contributed by atoms with Crippen molar-refractivity contribution in [2.24, 2.45) is 5.92 Å². The minimum atomic E-state index is -3.31. The van der Waals surface area contributed by atoms with Crippen molar-refractivity contribution >= 4 is 15.9 Å². The Morgan fingerprint density at radius 1 is 1.43 bits per heavy atom. The van der Waals surface area contributed by atoms with Crippen molar-refractivity contribution < 1.29 is 17.9 Å². The summed E-state index contributed by atoms with van der Waals surface area (Å²) in [4.78, 5) is 16.1. The molecule has 0 saturated carbocycles. The van der Waals surface area contributed by atoms with Crippen LogP contribution < -0.4 is 5.32 Å². The van der Waals surface area contributed by atoms with Gasteiger partial charge in [-0.05, 0) is 18.1 Å². The Labute approximate surface area is 137 Å². The monoisotopic (exact) mass is 341 g/mol. The largest absolute Gasteiger partial charge is 0.379 e. The van der Waals surface area contributed by atoms with Crippen LogP contribution in [-0.4, -0.2) is 62.7 Å². The summed E-state index contributed by atoms with van der Waals surface area (Å²) < 4.78 is 30.5. The van der Waals surface area contributed by atoms with Gasteiger partial charge in [-0.1, -0.05) is 6.07 Å². The van der Waals surface area contributed by atoms with Crippen molar-refractivity contribution in [1.29, 1.82) is 0 Å². The standard InChI is InChI=1S/C15H23N3O4S/c1-18(2)23(20,21)11-13-9-22-10-14(13)17-15(19)6-5-12-4-3-7-16-8-12/h3-4,7-8,13-14H,5-6,9-11H2,1-2H3,(H,17,19). The molecule has 1 aliphatic heterocycles. The fourth-order valence-electron chi connectivity index (χ4n) is 2.42. The molecular formula is C15H23N3O4S. The first-order chi connectivity index (χ1) is 10.9. The van der Waals surface area contributed by atoms with E-state index in [-0.39, 0.29) is 23.6 Å². The van der Waals surface area contributed by atoms with Crippen LogP contribution in [0, 0.1) is 5.92 Å². The van der Waals surface area contributed by atoms with Crippen molar-refractivity contribution in [3.05, 3.63) is 30.1 Å². The number of ether oxygens (including phenoxy) is 1. The molecule has 1 amide bonds. The number of pyridine rings is 1. The van der Waals surface area contributed by atoms with E-state index in [1.807, 2.05) is 12.1 Å². The molecule has 23 heavy (non-hydrogen) atoms. The molecule has 0 spiro atoms. The van der Waals surface area contributed by atoms with E-state index in [0.717, 1.165) is 5.56 Å². The lowest BCUT2D eigenvalue weighted by Gasteiger charge is -2.21. The molecule has 1 aromatic heterocycles. The van der Waals surface area contributed by atoms with Crippen LogP contribution in [0.15, 0.2) is 24.5 Å². The Morgan fingerprint density at radius 2 is 2.22 bits per heavy atom. The smallest absolute Gasteiger partial charge is 0.220 e. The molecule has 0 bridgehead atoms. The summed E-state index contributed by atoms with van der Waals surface area (Å²) >= 11 is 0. The molecule has 7 nitrogen and oxygen atoms in total. The van der Waals surface area contributed by atoms with Gasteiger partial charge in [0.15, 0.2) is 0 Å². The highest BCUT2D eigenvalue weighted by Crippen LogP contribution is 2.17. The summed E-state index contributed by atoms with van der Waals surface area (Å²) in [5.74, 6) is -0.338. The van der Waals surface area contributed by atoms with E-state index in [1.54, 1.807) is 12.4 Å². The fraction of sp³-hybridized carbons (Fsp3) is 0.600. The molecule has 2 unspecified atom stereocenters. The van der Waals surface area contributed by atoms with Gasteiger partial charge in [0.1, 0.15) is 0 Å². The summed E-state index contributed by atoms with van der Waals surface area (Å²) in [6.07, 6.45) is 4.37. The molecule has 0 radical (unpaired) electrons. The van der Waals surface area contributed by atoms with E-state index < -0.39 is 10.0 Å². The van der Waals surface area contributed by atoms with Crippen LogP contribution in [0.5, 0.6) is 0 Å². The molecule has 2 rings (SSSR count). The normalized spacial score (nSPS) is 21.5. The number of amides is 1. The van der Waals surface area contributed by atoms with Gasteiger partial charge in [0.2, 0.25) is 15.9 Å². The molecule has 128 valence electrons. The number of nitrogens with one attached hydrogen (secondary N) is 1. The van der Waals surface area contributed by atoms with Gasteiger partial charge in [0.25, 0.3) is 0 Å². The van der Waals surface area contributed by atoms with Crippen molar-refractivity contribution in [3.8, 4) is 0 Å². The summed E-state index contributed by atoms with van der Waals surface area (Å²) in [6, 6.07) is 3.50. The molecule has 1 N–H and O–H groups in total. The lowest BCUT2D eigenvalue weighted by Crippen LogP contribution is -2.43. The topological polar surface area (TPSA) is 88.6 Å². The lowest BCUT2D eigenvalue weighted by molar-refractivity contribution is -0.121. The predicted molar refractivity (Wildman–Crippen MR) is 86.3 cm³/mol. The number of hydrogen-bond donors (Lipinski definition) is 1. The van der Waals surface area contributed by atoms with E-state index in [1.165, 1.54) is 18.4 Å². The van der Waals surface area contributed by atoms with Crippen LogP contribution in [0.1, 0.15) is 12.0 Å². The van der Waals surface area contributed by atoms with Crippen LogP contribution in [0.25, 0.3) is 0 Å². The first kappa shape index (κ1) is 17.8. The second kappa shape index (κ2) is 7.85. The van der Waals surface area contributed by atoms with Crippen molar-refractivity contribution in [3.63, 3.8) is 0 Å². The minimum Gasteiger partial charge on any atom is -0.379 e. The highest BCUT2D eigenvalue weighted by molar-refractivity contribution is 7.89. The van der Waals surface area contributed by atoms with Gasteiger partial charge in [0, 0.05) is 38.8 Å². The van der Waals surface area contributed by atoms with E-state index in [2.05, 4.69) is 10.3 Å². The highest BCUT2D eigenvalue weighted by Gasteiger charge is 2.33. The van der Waals surface area contributed by atoms with Crippen LogP contribution in [0.4, 0.5) is 0 Å². The third kappa shape index (κ3) is 5.26. The Hall–Kier alpha value is -1.51. The molecule has 1 saturated heterocycles.